The van der Waals surface area contributed by atoms with Crippen molar-refractivity contribution in [3.63, 3.8) is 0 Å². The molecule has 31 heavy (non-hydrogen) atoms. The molecule has 1 heteroatoms. The predicted octanol–water partition coefficient (Wildman–Crippen LogP) is 9.54. The summed E-state index contributed by atoms with van der Waals surface area (Å²) >= 11 is 0. The van der Waals surface area contributed by atoms with Crippen molar-refractivity contribution >= 4 is 0 Å². The van der Waals surface area contributed by atoms with Crippen LogP contribution >= 0.6 is 0 Å². The molecule has 0 aromatic heterocycles. The topological polar surface area (TPSA) is 0 Å². The van der Waals surface area contributed by atoms with Gasteiger partial charge in [0.25, 0.3) is 0 Å². The Morgan fingerprint density at radius 1 is 0.419 bits per heavy atom. The fraction of sp³-hybridized carbons (Fsp3) is 0.900. The Hall–Kier alpha value is 0.532. The first-order chi connectivity index (χ1) is 13.6. The Balaban J connectivity index is 0.000000130. The van der Waals surface area contributed by atoms with E-state index in [1.165, 1.54) is 77.0 Å². The molecule has 3 unspecified atom stereocenters. The van der Waals surface area contributed by atoms with Crippen LogP contribution in [0.4, 0.5) is 0 Å². The molecule has 0 saturated heterocycles. The third kappa shape index (κ3) is 5.14. The SMILES string of the molecule is CC12CC[C-](C1)C(C)(C)C2.CC12CC[C-](C1)C(C)(C)C2.CC12CC[C-](C1)C(C)(C)C2.[Cr+3]. The number of hydrogen-bond donors (Lipinski definition) is 0. The van der Waals surface area contributed by atoms with E-state index < -0.39 is 0 Å². The van der Waals surface area contributed by atoms with E-state index in [4.69, 9.17) is 0 Å². The molecule has 0 amide bonds. The number of rotatable bonds is 0. The first-order valence-corrected chi connectivity index (χ1v) is 13.1. The van der Waals surface area contributed by atoms with E-state index in [-0.39, 0.29) is 17.4 Å². The van der Waals surface area contributed by atoms with Crippen LogP contribution in [0.2, 0.25) is 0 Å². The molecule has 177 valence electrons. The molecular formula is C30H51Cr. The summed E-state index contributed by atoms with van der Waals surface area (Å²) in [5.41, 5.74) is 3.89. The minimum atomic E-state index is 0. The van der Waals surface area contributed by atoms with Crippen LogP contribution in [-0.2, 0) is 17.4 Å². The van der Waals surface area contributed by atoms with Crippen LogP contribution in [0.15, 0.2) is 0 Å². The predicted molar refractivity (Wildman–Crippen MR) is 131 cm³/mol. The van der Waals surface area contributed by atoms with Crippen molar-refractivity contribution in [2.75, 3.05) is 0 Å². The van der Waals surface area contributed by atoms with Gasteiger partial charge in [0.05, 0.1) is 0 Å². The van der Waals surface area contributed by atoms with Gasteiger partial charge in [-0.1, -0.05) is 117 Å². The fourth-order valence-electron chi connectivity index (χ4n) is 9.20. The quantitative estimate of drug-likeness (QED) is 0.314. The summed E-state index contributed by atoms with van der Waals surface area (Å²) in [5.74, 6) is 5.53. The molecule has 6 aliphatic rings. The molecule has 6 aliphatic carbocycles. The largest absolute Gasteiger partial charge is 3.00 e. The molecular weight excluding hydrogens is 412 g/mol. The second-order valence-electron chi connectivity index (χ2n) is 15.5. The van der Waals surface area contributed by atoms with Gasteiger partial charge in [0, 0.05) is 0 Å². The van der Waals surface area contributed by atoms with Crippen molar-refractivity contribution in [3.8, 4) is 0 Å². The third-order valence-corrected chi connectivity index (χ3v) is 10.5. The van der Waals surface area contributed by atoms with Gasteiger partial charge >= 0.3 is 17.4 Å². The standard InChI is InChI=1S/3C10H17.Cr/c3*1-9(2)7-10(3)5-4-8(9)6-10;/h3*4-7H2,1-3H3;/q3*-1;+3. The maximum absolute atomic E-state index is 2.45. The van der Waals surface area contributed by atoms with E-state index in [1.807, 2.05) is 17.8 Å². The summed E-state index contributed by atoms with van der Waals surface area (Å²) in [4.78, 5) is 0. The van der Waals surface area contributed by atoms with Gasteiger partial charge in [0.1, 0.15) is 0 Å². The van der Waals surface area contributed by atoms with Crippen LogP contribution in [0, 0.1) is 50.2 Å². The Morgan fingerprint density at radius 3 is 0.710 bits per heavy atom. The van der Waals surface area contributed by atoms with Crippen LogP contribution in [0.5, 0.6) is 0 Å². The van der Waals surface area contributed by atoms with Gasteiger partial charge in [0.2, 0.25) is 0 Å². The molecule has 0 nitrogen and oxygen atoms in total. The molecule has 0 N–H and O–H groups in total. The average Bonchev–Trinajstić information content (AvgIpc) is 3.33. The molecule has 0 aliphatic heterocycles. The van der Waals surface area contributed by atoms with Gasteiger partial charge in [-0.15, -0.1) is 0 Å². The summed E-state index contributed by atoms with van der Waals surface area (Å²) in [6, 6.07) is 0. The molecule has 1 radical (unpaired) electrons. The van der Waals surface area contributed by atoms with Gasteiger partial charge in [-0.3, -0.25) is 0 Å². The maximum Gasteiger partial charge on any atom is 3.00 e. The van der Waals surface area contributed by atoms with Gasteiger partial charge in [-0.25, -0.2) is 0 Å². The van der Waals surface area contributed by atoms with E-state index in [9.17, 15) is 0 Å². The summed E-state index contributed by atoms with van der Waals surface area (Å²) in [7, 11) is 0. The van der Waals surface area contributed by atoms with Crippen molar-refractivity contribution in [2.24, 2.45) is 32.5 Å². The molecule has 6 bridgehead atoms. The summed E-state index contributed by atoms with van der Waals surface area (Å²) < 4.78 is 0. The summed E-state index contributed by atoms with van der Waals surface area (Å²) in [5, 5.41) is 0. The van der Waals surface area contributed by atoms with E-state index in [2.05, 4.69) is 62.3 Å². The van der Waals surface area contributed by atoms with E-state index in [1.54, 1.807) is 0 Å². The molecule has 6 saturated carbocycles. The normalized spacial score (nSPS) is 43.3. The van der Waals surface area contributed by atoms with Gasteiger partial charge in [-0.05, 0) is 0 Å². The van der Waals surface area contributed by atoms with E-state index >= 15 is 0 Å². The third-order valence-electron chi connectivity index (χ3n) is 10.5. The minimum Gasteiger partial charge on any atom is -0.308 e. The molecule has 3 atom stereocenters. The first kappa shape index (κ1) is 26.1. The van der Waals surface area contributed by atoms with Crippen molar-refractivity contribution in [3.05, 3.63) is 17.8 Å². The Bertz CT molecular complexity index is 561. The number of fused-ring (bicyclic) bond motifs is 6. The molecule has 0 aromatic carbocycles. The van der Waals surface area contributed by atoms with Crippen LogP contribution in [0.25, 0.3) is 0 Å². The van der Waals surface area contributed by atoms with Crippen LogP contribution in [0.3, 0.4) is 0 Å². The molecule has 6 rings (SSSR count). The van der Waals surface area contributed by atoms with Gasteiger partial charge in [0.15, 0.2) is 0 Å². The summed E-state index contributed by atoms with van der Waals surface area (Å²) in [6.45, 7) is 21.8. The Morgan fingerprint density at radius 2 is 0.645 bits per heavy atom. The molecule has 0 aromatic rings. The second kappa shape index (κ2) is 8.05. The Kier molecular flexibility index (Phi) is 6.78. The molecule has 0 spiro atoms. The summed E-state index contributed by atoms with van der Waals surface area (Å²) in [6.07, 6.45) is 17.3. The zero-order chi connectivity index (χ0) is 22.2. The van der Waals surface area contributed by atoms with Crippen molar-refractivity contribution in [2.45, 2.75) is 139 Å². The van der Waals surface area contributed by atoms with Crippen molar-refractivity contribution in [1.29, 1.82) is 0 Å². The average molecular weight is 464 g/mol. The Labute approximate surface area is 206 Å². The van der Waals surface area contributed by atoms with E-state index in [0.717, 1.165) is 0 Å². The van der Waals surface area contributed by atoms with Gasteiger partial charge in [-0.2, -0.15) is 54.8 Å². The van der Waals surface area contributed by atoms with Gasteiger partial charge < -0.3 is 17.8 Å². The fourth-order valence-corrected chi connectivity index (χ4v) is 9.20. The van der Waals surface area contributed by atoms with Crippen LogP contribution in [0.1, 0.15) is 139 Å². The first-order valence-electron chi connectivity index (χ1n) is 13.1. The smallest absolute Gasteiger partial charge is 0.308 e. The maximum atomic E-state index is 2.45. The zero-order valence-electron chi connectivity index (χ0n) is 22.4. The molecule has 0 heterocycles. The molecule has 6 fully saturated rings. The van der Waals surface area contributed by atoms with Crippen molar-refractivity contribution in [1.82, 2.24) is 0 Å². The van der Waals surface area contributed by atoms with Crippen LogP contribution in [-0.4, -0.2) is 0 Å². The zero-order valence-corrected chi connectivity index (χ0v) is 23.7. The second-order valence-corrected chi connectivity index (χ2v) is 15.5. The number of hydrogen-bond acceptors (Lipinski definition) is 0. The minimum absolute atomic E-state index is 0. The van der Waals surface area contributed by atoms with Crippen LogP contribution < -0.4 is 0 Å². The van der Waals surface area contributed by atoms with E-state index in [0.29, 0.717) is 32.5 Å². The monoisotopic (exact) mass is 463 g/mol. The van der Waals surface area contributed by atoms with Crippen molar-refractivity contribution < 1.29 is 17.4 Å².